The largest absolute Gasteiger partial charge is 0.392 e. The predicted octanol–water partition coefficient (Wildman–Crippen LogP) is 1.18. The Hall–Kier alpha value is -2.74. The Kier molecular flexibility index (Phi) is 5.85. The molecule has 3 N–H and O–H groups in total. The molecule has 30 heavy (non-hydrogen) atoms. The number of aliphatic hydroxyl groups excluding tert-OH is 1. The molecule has 4 unspecified atom stereocenters. The van der Waals surface area contributed by atoms with Gasteiger partial charge in [0.1, 0.15) is 5.82 Å². The first-order valence-electron chi connectivity index (χ1n) is 10.4. The number of hydrogen-bond acceptors (Lipinski definition) is 4. The van der Waals surface area contributed by atoms with E-state index in [4.69, 9.17) is 5.11 Å². The van der Waals surface area contributed by atoms with Crippen LogP contribution in [0, 0.1) is 29.5 Å². The van der Waals surface area contributed by atoms with Gasteiger partial charge in [-0.15, -0.1) is 0 Å². The van der Waals surface area contributed by atoms with Gasteiger partial charge in [0.05, 0.1) is 18.4 Å². The van der Waals surface area contributed by atoms with Gasteiger partial charge in [-0.2, -0.15) is 0 Å². The molecule has 1 aromatic rings. The van der Waals surface area contributed by atoms with Gasteiger partial charge < -0.3 is 15.7 Å². The molecule has 1 aromatic carbocycles. The Labute approximate surface area is 175 Å². The predicted molar refractivity (Wildman–Crippen MR) is 110 cm³/mol. The topological polar surface area (TPSA) is 94.0 Å². The van der Waals surface area contributed by atoms with Crippen molar-refractivity contribution in [3.63, 3.8) is 0 Å². The van der Waals surface area contributed by atoms with Gasteiger partial charge >= 0.3 is 0 Å². The molecule has 0 spiro atoms. The summed E-state index contributed by atoms with van der Waals surface area (Å²) in [5.41, 5.74) is 1.08. The molecular formula is C22H27FN4O3. The molecule has 7 nitrogen and oxygen atoms in total. The summed E-state index contributed by atoms with van der Waals surface area (Å²) in [5, 5.41) is 15.5. The fourth-order valence-corrected chi connectivity index (χ4v) is 4.89. The Morgan fingerprint density at radius 2 is 1.90 bits per heavy atom. The second-order valence-electron chi connectivity index (χ2n) is 8.12. The van der Waals surface area contributed by atoms with E-state index in [0.717, 1.165) is 12.0 Å². The van der Waals surface area contributed by atoms with Crippen LogP contribution in [0.1, 0.15) is 24.0 Å². The lowest BCUT2D eigenvalue weighted by Gasteiger charge is -2.18. The zero-order valence-electron chi connectivity index (χ0n) is 17.0. The normalized spacial score (nSPS) is 27.2. The highest BCUT2D eigenvalue weighted by Crippen LogP contribution is 2.52. The number of benzene rings is 1. The third-order valence-corrected chi connectivity index (χ3v) is 6.38. The first-order valence-corrected chi connectivity index (χ1v) is 10.4. The number of imide groups is 1. The fraction of sp³-hybridized carbons (Fsp3) is 0.500. The molecule has 160 valence electrons. The van der Waals surface area contributed by atoms with Crippen molar-refractivity contribution in [1.82, 2.24) is 15.5 Å². The molecule has 1 saturated heterocycles. The summed E-state index contributed by atoms with van der Waals surface area (Å²) in [6.45, 7) is 1.05. The van der Waals surface area contributed by atoms with Crippen molar-refractivity contribution in [3.8, 4) is 0 Å². The molecule has 0 radical (unpaired) electrons. The third-order valence-electron chi connectivity index (χ3n) is 6.38. The summed E-state index contributed by atoms with van der Waals surface area (Å²) in [6, 6.07) is 4.59. The van der Waals surface area contributed by atoms with E-state index in [1.165, 1.54) is 11.0 Å². The van der Waals surface area contributed by atoms with E-state index in [9.17, 15) is 14.0 Å². The van der Waals surface area contributed by atoms with Crippen LogP contribution in [0.25, 0.3) is 0 Å². The van der Waals surface area contributed by atoms with Crippen LogP contribution in [-0.2, 0) is 22.7 Å². The number of amides is 2. The lowest BCUT2D eigenvalue weighted by molar-refractivity contribution is -0.140. The summed E-state index contributed by atoms with van der Waals surface area (Å²) in [7, 11) is 1.65. The maximum Gasteiger partial charge on any atom is 0.233 e. The molecule has 1 saturated carbocycles. The number of fused-ring (bicyclic) bond motifs is 5. The number of likely N-dealkylation sites (tertiary alicyclic amines) is 1. The standard InChI is InChI=1S/C22H27FN4O3/c1-24-22(26-11-13-3-6-17(23)16(9-13)12-28)25-7-2-8-27-20(29)18-14-4-5-15(10-14)19(18)21(27)30/h3-6,9,14-15,18-19,28H,2,7-8,10-12H2,1H3,(H2,24,25,26). The molecule has 4 atom stereocenters. The van der Waals surface area contributed by atoms with Crippen LogP contribution in [0.15, 0.2) is 35.3 Å². The number of guanidine groups is 1. The van der Waals surface area contributed by atoms with Crippen LogP contribution in [-0.4, -0.2) is 47.9 Å². The van der Waals surface area contributed by atoms with Crippen molar-refractivity contribution < 1.29 is 19.1 Å². The summed E-state index contributed by atoms with van der Waals surface area (Å²) >= 11 is 0. The maximum absolute atomic E-state index is 13.5. The first-order chi connectivity index (χ1) is 14.5. The highest BCUT2D eigenvalue weighted by molar-refractivity contribution is 6.06. The second kappa shape index (κ2) is 8.55. The number of nitrogens with zero attached hydrogens (tertiary/aromatic N) is 2. The molecule has 2 fully saturated rings. The van der Waals surface area contributed by atoms with E-state index in [0.29, 0.717) is 32.0 Å². The fourth-order valence-electron chi connectivity index (χ4n) is 4.89. The van der Waals surface area contributed by atoms with Crippen molar-refractivity contribution in [1.29, 1.82) is 0 Å². The first kappa shape index (κ1) is 20.5. The van der Waals surface area contributed by atoms with Crippen molar-refractivity contribution in [2.45, 2.75) is 26.0 Å². The average Bonchev–Trinajstić information content (AvgIpc) is 3.43. The van der Waals surface area contributed by atoms with Crippen LogP contribution in [0.5, 0.6) is 0 Å². The molecule has 8 heteroatoms. The average molecular weight is 414 g/mol. The zero-order chi connectivity index (χ0) is 21.3. The molecule has 2 amide bonds. The minimum atomic E-state index is -0.428. The smallest absolute Gasteiger partial charge is 0.233 e. The Morgan fingerprint density at radius 1 is 1.20 bits per heavy atom. The summed E-state index contributed by atoms with van der Waals surface area (Å²) < 4.78 is 13.5. The van der Waals surface area contributed by atoms with Crippen LogP contribution >= 0.6 is 0 Å². The van der Waals surface area contributed by atoms with Gasteiger partial charge in [0.15, 0.2) is 5.96 Å². The number of aliphatic imine (C=N–C) groups is 1. The third kappa shape index (κ3) is 3.71. The Morgan fingerprint density at radius 3 is 2.53 bits per heavy atom. The van der Waals surface area contributed by atoms with Crippen molar-refractivity contribution in [3.05, 3.63) is 47.3 Å². The lowest BCUT2D eigenvalue weighted by atomic mass is 9.85. The molecule has 2 aliphatic carbocycles. The maximum atomic E-state index is 13.5. The van der Waals surface area contributed by atoms with E-state index in [1.54, 1.807) is 19.2 Å². The number of carbonyl (C=O) groups excluding carboxylic acids is 2. The van der Waals surface area contributed by atoms with Crippen LogP contribution in [0.2, 0.25) is 0 Å². The number of rotatable bonds is 7. The molecule has 1 aliphatic heterocycles. The van der Waals surface area contributed by atoms with Crippen molar-refractivity contribution >= 4 is 17.8 Å². The molecule has 2 bridgehead atoms. The van der Waals surface area contributed by atoms with Crippen LogP contribution < -0.4 is 10.6 Å². The highest BCUT2D eigenvalue weighted by Gasteiger charge is 2.58. The van der Waals surface area contributed by atoms with Gasteiger partial charge in [-0.05, 0) is 42.4 Å². The number of aliphatic hydroxyl groups is 1. The SMILES string of the molecule is CN=C(NCCCN1C(=O)C2C3C=CC(C3)C2C1=O)NCc1ccc(F)c(CO)c1. The zero-order valence-corrected chi connectivity index (χ0v) is 17.0. The van der Waals surface area contributed by atoms with E-state index >= 15 is 0 Å². The van der Waals surface area contributed by atoms with Crippen molar-refractivity contribution in [2.24, 2.45) is 28.7 Å². The molecule has 0 aromatic heterocycles. The molecule has 4 rings (SSSR count). The van der Waals surface area contributed by atoms with Crippen molar-refractivity contribution in [2.75, 3.05) is 20.1 Å². The number of nitrogens with one attached hydrogen (secondary N) is 2. The quantitative estimate of drug-likeness (QED) is 0.205. The van der Waals surface area contributed by atoms with Gasteiger partial charge in [0, 0.05) is 32.2 Å². The lowest BCUT2D eigenvalue weighted by Crippen LogP contribution is -2.39. The van der Waals surface area contributed by atoms with Crippen LogP contribution in [0.3, 0.4) is 0 Å². The highest BCUT2D eigenvalue weighted by atomic mass is 19.1. The van der Waals surface area contributed by atoms with Gasteiger partial charge in [-0.1, -0.05) is 18.2 Å². The van der Waals surface area contributed by atoms with E-state index < -0.39 is 5.82 Å². The second-order valence-corrected chi connectivity index (χ2v) is 8.12. The number of carbonyl (C=O) groups is 2. The Bertz CT molecular complexity index is 870. The van der Waals surface area contributed by atoms with Gasteiger partial charge in [0.25, 0.3) is 0 Å². The van der Waals surface area contributed by atoms with Gasteiger partial charge in [0.2, 0.25) is 11.8 Å². The number of halogens is 1. The summed E-state index contributed by atoms with van der Waals surface area (Å²) in [4.78, 5) is 30.9. The van der Waals surface area contributed by atoms with E-state index in [1.807, 2.05) is 0 Å². The number of hydrogen-bond donors (Lipinski definition) is 3. The van der Waals surface area contributed by atoms with E-state index in [2.05, 4.69) is 27.8 Å². The van der Waals surface area contributed by atoms with Crippen LogP contribution in [0.4, 0.5) is 4.39 Å². The minimum absolute atomic E-state index is 0.0136. The molecule has 1 heterocycles. The van der Waals surface area contributed by atoms with Gasteiger partial charge in [-0.25, -0.2) is 4.39 Å². The summed E-state index contributed by atoms with van der Waals surface area (Å²) in [5.74, 6) is 0.302. The molecular weight excluding hydrogens is 387 g/mol. The summed E-state index contributed by atoms with van der Waals surface area (Å²) in [6.07, 6.45) is 5.77. The minimum Gasteiger partial charge on any atom is -0.392 e. The monoisotopic (exact) mass is 414 g/mol. The van der Waals surface area contributed by atoms with E-state index in [-0.39, 0.29) is 47.7 Å². The van der Waals surface area contributed by atoms with Gasteiger partial charge in [-0.3, -0.25) is 19.5 Å². The molecule has 3 aliphatic rings. The Balaban J connectivity index is 1.22. The number of allylic oxidation sites excluding steroid dienone is 2.